The minimum Gasteiger partial charge on any atom is -0.456 e. The molecule has 0 aromatic heterocycles. The lowest BCUT2D eigenvalue weighted by Crippen LogP contribution is -1.99. The molecule has 0 unspecified atom stereocenters. The molecule has 0 N–H and O–H groups in total. The van der Waals surface area contributed by atoms with Gasteiger partial charge in [0.2, 0.25) is 0 Å². The molecule has 2 nitrogen and oxygen atoms in total. The van der Waals surface area contributed by atoms with E-state index < -0.39 is 17.6 Å². The molecule has 0 amide bonds. The number of halogens is 2. The van der Waals surface area contributed by atoms with Crippen LogP contribution < -0.4 is 0 Å². The van der Waals surface area contributed by atoms with Crippen LogP contribution in [0, 0.1) is 23.5 Å². The van der Waals surface area contributed by atoms with Gasteiger partial charge in [-0.15, -0.1) is 0 Å². The predicted molar refractivity (Wildman–Crippen MR) is 49.9 cm³/mol. The zero-order valence-corrected chi connectivity index (χ0v) is 8.01. The highest BCUT2D eigenvalue weighted by Gasteiger charge is 2.01. The number of carbonyl (C=O) groups is 1. The summed E-state index contributed by atoms with van der Waals surface area (Å²) >= 11 is 0. The van der Waals surface area contributed by atoms with Crippen LogP contribution >= 0.6 is 0 Å². The van der Waals surface area contributed by atoms with Crippen LogP contribution in [0.25, 0.3) is 0 Å². The SMILES string of the molecule is CCOC(=O)C#Cc1cc(F)ccc1F. The molecule has 0 radical (unpaired) electrons. The van der Waals surface area contributed by atoms with E-state index in [0.29, 0.717) is 0 Å². The Morgan fingerprint density at radius 1 is 1.47 bits per heavy atom. The molecule has 0 bridgehead atoms. The molecule has 78 valence electrons. The molecule has 0 saturated carbocycles. The van der Waals surface area contributed by atoms with Crippen molar-refractivity contribution in [2.45, 2.75) is 6.92 Å². The topological polar surface area (TPSA) is 26.3 Å². The number of benzene rings is 1. The molecule has 0 atom stereocenters. The maximum Gasteiger partial charge on any atom is 0.384 e. The fourth-order valence-electron chi connectivity index (χ4n) is 0.879. The van der Waals surface area contributed by atoms with E-state index in [4.69, 9.17) is 0 Å². The lowest BCUT2D eigenvalue weighted by molar-refractivity contribution is -0.136. The van der Waals surface area contributed by atoms with Crippen LogP contribution in [0.15, 0.2) is 18.2 Å². The maximum absolute atomic E-state index is 13.0. The van der Waals surface area contributed by atoms with Crippen molar-refractivity contribution in [2.24, 2.45) is 0 Å². The smallest absolute Gasteiger partial charge is 0.384 e. The number of ether oxygens (including phenoxy) is 1. The highest BCUT2D eigenvalue weighted by molar-refractivity contribution is 5.89. The van der Waals surface area contributed by atoms with Gasteiger partial charge >= 0.3 is 5.97 Å². The first kappa shape index (κ1) is 11.2. The minimum atomic E-state index is -0.763. The van der Waals surface area contributed by atoms with Crippen molar-refractivity contribution in [1.82, 2.24) is 0 Å². The standard InChI is InChI=1S/C11H8F2O2/c1-2-15-11(14)6-3-8-7-9(12)4-5-10(8)13/h4-5,7H,2H2,1H3. The summed E-state index contributed by atoms with van der Waals surface area (Å²) in [7, 11) is 0. The van der Waals surface area contributed by atoms with Gasteiger partial charge in [-0.1, -0.05) is 5.92 Å². The van der Waals surface area contributed by atoms with E-state index in [1.807, 2.05) is 0 Å². The molecule has 0 fully saturated rings. The third-order valence-electron chi connectivity index (χ3n) is 1.50. The average Bonchev–Trinajstić information content (AvgIpc) is 2.20. The molecule has 1 aromatic rings. The van der Waals surface area contributed by atoms with Crippen molar-refractivity contribution in [3.63, 3.8) is 0 Å². The Morgan fingerprint density at radius 3 is 2.87 bits per heavy atom. The summed E-state index contributed by atoms with van der Waals surface area (Å²) in [4.78, 5) is 10.8. The molecule has 0 aliphatic heterocycles. The van der Waals surface area contributed by atoms with Gasteiger partial charge < -0.3 is 4.74 Å². The highest BCUT2D eigenvalue weighted by atomic mass is 19.1. The van der Waals surface area contributed by atoms with E-state index in [1.54, 1.807) is 6.92 Å². The van der Waals surface area contributed by atoms with Gasteiger partial charge in [0.1, 0.15) is 11.6 Å². The number of carbonyl (C=O) groups excluding carboxylic acids is 1. The van der Waals surface area contributed by atoms with Gasteiger partial charge in [0, 0.05) is 5.92 Å². The van der Waals surface area contributed by atoms with E-state index in [-0.39, 0.29) is 12.2 Å². The first-order chi connectivity index (χ1) is 7.13. The van der Waals surface area contributed by atoms with Gasteiger partial charge in [-0.2, -0.15) is 0 Å². The number of hydrogen-bond donors (Lipinski definition) is 0. The Morgan fingerprint density at radius 2 is 2.20 bits per heavy atom. The normalized spacial score (nSPS) is 9.00. The van der Waals surface area contributed by atoms with Crippen molar-refractivity contribution in [1.29, 1.82) is 0 Å². The second-order valence-electron chi connectivity index (χ2n) is 2.59. The van der Waals surface area contributed by atoms with Gasteiger partial charge in [0.05, 0.1) is 12.2 Å². The summed E-state index contributed by atoms with van der Waals surface area (Å²) in [6.07, 6.45) is 0. The highest BCUT2D eigenvalue weighted by Crippen LogP contribution is 2.07. The molecule has 0 saturated heterocycles. The summed E-state index contributed by atoms with van der Waals surface area (Å²) in [6.45, 7) is 1.82. The molecule has 15 heavy (non-hydrogen) atoms. The van der Waals surface area contributed by atoms with Crippen LogP contribution in [0.5, 0.6) is 0 Å². The van der Waals surface area contributed by atoms with Crippen LogP contribution in [0.3, 0.4) is 0 Å². The Hall–Kier alpha value is -1.89. The van der Waals surface area contributed by atoms with Crippen LogP contribution in [0.2, 0.25) is 0 Å². The van der Waals surface area contributed by atoms with Gasteiger partial charge in [0.25, 0.3) is 0 Å². The Bertz CT molecular complexity index is 430. The van der Waals surface area contributed by atoms with Crippen molar-refractivity contribution >= 4 is 5.97 Å². The molecule has 0 aliphatic carbocycles. The summed E-state index contributed by atoms with van der Waals surface area (Å²) in [6, 6.07) is 2.84. The summed E-state index contributed by atoms with van der Waals surface area (Å²) in [5.74, 6) is 2.21. The average molecular weight is 210 g/mol. The van der Waals surface area contributed by atoms with E-state index in [1.165, 1.54) is 0 Å². The molecule has 0 heterocycles. The second kappa shape index (κ2) is 5.11. The maximum atomic E-state index is 13.0. The minimum absolute atomic E-state index is 0.164. The molecule has 0 spiro atoms. The molecule has 1 rings (SSSR count). The first-order valence-corrected chi connectivity index (χ1v) is 4.27. The quantitative estimate of drug-likeness (QED) is 0.522. The predicted octanol–water partition coefficient (Wildman–Crippen LogP) is 1.88. The van der Waals surface area contributed by atoms with Crippen molar-refractivity contribution in [3.05, 3.63) is 35.4 Å². The second-order valence-corrected chi connectivity index (χ2v) is 2.59. The van der Waals surface area contributed by atoms with Gasteiger partial charge in [-0.05, 0) is 25.1 Å². The summed E-state index contributed by atoms with van der Waals surface area (Å²) in [5.41, 5.74) is -0.164. The van der Waals surface area contributed by atoms with Crippen LogP contribution in [-0.2, 0) is 9.53 Å². The summed E-state index contributed by atoms with van der Waals surface area (Å²) in [5, 5.41) is 0. The number of rotatable bonds is 1. The third kappa shape index (κ3) is 3.39. The van der Waals surface area contributed by atoms with Crippen molar-refractivity contribution in [3.8, 4) is 11.8 Å². The lowest BCUT2D eigenvalue weighted by atomic mass is 10.2. The lowest BCUT2D eigenvalue weighted by Gasteiger charge is -1.94. The fourth-order valence-corrected chi connectivity index (χ4v) is 0.879. The largest absolute Gasteiger partial charge is 0.456 e. The number of hydrogen-bond acceptors (Lipinski definition) is 2. The van der Waals surface area contributed by atoms with Crippen LogP contribution in [0.4, 0.5) is 8.78 Å². The molecule has 0 aliphatic rings. The number of esters is 1. The van der Waals surface area contributed by atoms with E-state index in [9.17, 15) is 13.6 Å². The molecule has 4 heteroatoms. The van der Waals surface area contributed by atoms with Gasteiger partial charge in [0.15, 0.2) is 0 Å². The zero-order valence-electron chi connectivity index (χ0n) is 8.01. The van der Waals surface area contributed by atoms with Crippen LogP contribution in [-0.4, -0.2) is 12.6 Å². The van der Waals surface area contributed by atoms with Gasteiger partial charge in [-0.25, -0.2) is 13.6 Å². The monoisotopic (exact) mass is 210 g/mol. The van der Waals surface area contributed by atoms with E-state index >= 15 is 0 Å². The van der Waals surface area contributed by atoms with Gasteiger partial charge in [-0.3, -0.25) is 0 Å². The van der Waals surface area contributed by atoms with Crippen molar-refractivity contribution < 1.29 is 18.3 Å². The Kier molecular flexibility index (Phi) is 3.81. The Labute approximate surface area is 85.9 Å². The molecular weight excluding hydrogens is 202 g/mol. The Balaban J connectivity index is 2.88. The molecule has 1 aromatic carbocycles. The van der Waals surface area contributed by atoms with E-state index in [2.05, 4.69) is 16.6 Å². The summed E-state index contributed by atoms with van der Waals surface area (Å²) < 4.78 is 30.2. The molecular formula is C11H8F2O2. The third-order valence-corrected chi connectivity index (χ3v) is 1.50. The van der Waals surface area contributed by atoms with Crippen LogP contribution in [0.1, 0.15) is 12.5 Å². The first-order valence-electron chi connectivity index (χ1n) is 4.27. The fraction of sp³-hybridized carbons (Fsp3) is 0.182. The zero-order chi connectivity index (χ0) is 11.3. The van der Waals surface area contributed by atoms with Crippen molar-refractivity contribution in [2.75, 3.05) is 6.61 Å². The van der Waals surface area contributed by atoms with E-state index in [0.717, 1.165) is 18.2 Å².